The number of carbonyl (C=O) groups is 1. The summed E-state index contributed by atoms with van der Waals surface area (Å²) in [6, 6.07) is 20.9. The largest absolute Gasteiger partial charge is 0.467 e. The van der Waals surface area contributed by atoms with Crippen molar-refractivity contribution >= 4 is 52.8 Å². The molecule has 7 heteroatoms. The van der Waals surface area contributed by atoms with Gasteiger partial charge in [0.25, 0.3) is 5.91 Å². The lowest BCUT2D eigenvalue weighted by atomic mass is 10.1. The molecular formula is C25H20ClN3O2S. The molecule has 0 saturated carbocycles. The molecule has 2 heterocycles. The Kier molecular flexibility index (Phi) is 7.04. The summed E-state index contributed by atoms with van der Waals surface area (Å²) in [6.07, 6.45) is 7.10. The van der Waals surface area contributed by atoms with Crippen molar-refractivity contribution in [2.75, 3.05) is 0 Å². The van der Waals surface area contributed by atoms with Gasteiger partial charge in [0.15, 0.2) is 5.17 Å². The fourth-order valence-electron chi connectivity index (χ4n) is 3.01. The highest BCUT2D eigenvalue weighted by atomic mass is 35.5. The maximum absolute atomic E-state index is 13.1. The van der Waals surface area contributed by atoms with Crippen LogP contribution in [0.3, 0.4) is 0 Å². The number of amidine groups is 1. The van der Waals surface area contributed by atoms with E-state index in [9.17, 15) is 4.79 Å². The Hall–Kier alpha value is -3.35. The van der Waals surface area contributed by atoms with Crippen molar-refractivity contribution in [2.24, 2.45) is 10.2 Å². The molecule has 1 amide bonds. The number of amides is 1. The van der Waals surface area contributed by atoms with Gasteiger partial charge in [0.2, 0.25) is 0 Å². The maximum Gasteiger partial charge on any atom is 0.267 e. The minimum absolute atomic E-state index is 0.146. The lowest BCUT2D eigenvalue weighted by Gasteiger charge is -2.12. The standard InChI is InChI=1S/C25H20ClN3O2S/c1-18(14-19-6-3-2-4-7-19)16-27-28-25-29(17-22-8-5-13-31-22)24(30)23(32-25)15-20-9-11-21(26)12-10-20/h2-16H,17H2,1H3/b18-14+,23-15-,27-16-,28-25+. The van der Waals surface area contributed by atoms with Gasteiger partial charge < -0.3 is 4.42 Å². The normalized spacial score (nSPS) is 17.2. The fraction of sp³-hybridized carbons (Fsp3) is 0.0800. The zero-order chi connectivity index (χ0) is 22.3. The molecule has 0 aliphatic carbocycles. The molecule has 3 aromatic rings. The Morgan fingerprint density at radius 1 is 1.06 bits per heavy atom. The van der Waals surface area contributed by atoms with E-state index < -0.39 is 0 Å². The Bertz CT molecular complexity index is 1200. The van der Waals surface area contributed by atoms with E-state index in [4.69, 9.17) is 16.0 Å². The predicted molar refractivity (Wildman–Crippen MR) is 132 cm³/mol. The fourth-order valence-corrected chi connectivity index (χ4v) is 4.07. The third kappa shape index (κ3) is 5.66. The molecule has 1 aromatic heterocycles. The van der Waals surface area contributed by atoms with Crippen molar-refractivity contribution in [2.45, 2.75) is 13.5 Å². The molecule has 5 nitrogen and oxygen atoms in total. The summed E-state index contributed by atoms with van der Waals surface area (Å²) in [6.45, 7) is 2.24. The first-order valence-corrected chi connectivity index (χ1v) is 11.1. The summed E-state index contributed by atoms with van der Waals surface area (Å²) in [5.74, 6) is 0.523. The number of hydrogen-bond donors (Lipinski definition) is 0. The van der Waals surface area contributed by atoms with Crippen molar-refractivity contribution < 1.29 is 9.21 Å². The minimum Gasteiger partial charge on any atom is -0.467 e. The molecule has 0 N–H and O–H groups in total. The molecule has 4 rings (SSSR count). The van der Waals surface area contributed by atoms with Gasteiger partial charge >= 0.3 is 0 Å². The summed E-state index contributed by atoms with van der Waals surface area (Å²) in [7, 11) is 0. The number of thioether (sulfide) groups is 1. The third-order valence-corrected chi connectivity index (χ3v) is 5.80. The van der Waals surface area contributed by atoms with E-state index >= 15 is 0 Å². The Morgan fingerprint density at radius 2 is 1.84 bits per heavy atom. The van der Waals surface area contributed by atoms with Gasteiger partial charge in [-0.05, 0) is 65.7 Å². The first kappa shape index (κ1) is 21.9. The molecule has 0 unspecified atom stereocenters. The number of nitrogens with zero attached hydrogens (tertiary/aromatic N) is 3. The molecule has 0 atom stereocenters. The van der Waals surface area contributed by atoms with Crippen LogP contribution in [0.5, 0.6) is 0 Å². The zero-order valence-corrected chi connectivity index (χ0v) is 18.9. The molecule has 0 spiro atoms. The number of allylic oxidation sites excluding steroid dienone is 1. The van der Waals surface area contributed by atoms with E-state index in [0.717, 1.165) is 16.7 Å². The Morgan fingerprint density at radius 3 is 2.56 bits per heavy atom. The molecule has 2 aromatic carbocycles. The Balaban J connectivity index is 1.58. The van der Waals surface area contributed by atoms with Gasteiger partial charge in [0, 0.05) is 5.02 Å². The highest BCUT2D eigenvalue weighted by Gasteiger charge is 2.34. The third-order valence-electron chi connectivity index (χ3n) is 4.55. The topological polar surface area (TPSA) is 58.2 Å². The molecular weight excluding hydrogens is 442 g/mol. The van der Waals surface area contributed by atoms with E-state index in [1.165, 1.54) is 11.8 Å². The van der Waals surface area contributed by atoms with Crippen molar-refractivity contribution in [3.05, 3.63) is 105 Å². The van der Waals surface area contributed by atoms with Gasteiger partial charge in [-0.25, -0.2) is 0 Å². The second-order valence-electron chi connectivity index (χ2n) is 7.06. The lowest BCUT2D eigenvalue weighted by molar-refractivity contribution is -0.122. The SMILES string of the molecule is CC(/C=N\N=C1\S/C(=C\c2ccc(Cl)cc2)C(=O)N1Cc1ccco1)=C\c1ccccc1. The monoisotopic (exact) mass is 461 g/mol. The van der Waals surface area contributed by atoms with Crippen molar-refractivity contribution in [1.29, 1.82) is 0 Å². The number of benzene rings is 2. The van der Waals surface area contributed by atoms with E-state index in [1.807, 2.05) is 67.6 Å². The van der Waals surface area contributed by atoms with E-state index in [-0.39, 0.29) is 12.5 Å². The van der Waals surface area contributed by atoms with Gasteiger partial charge in [0.1, 0.15) is 5.76 Å². The van der Waals surface area contributed by atoms with Crippen LogP contribution in [0, 0.1) is 0 Å². The number of hydrogen-bond acceptors (Lipinski definition) is 5. The molecule has 0 bridgehead atoms. The number of carbonyl (C=O) groups excluding carboxylic acids is 1. The smallest absolute Gasteiger partial charge is 0.267 e. The van der Waals surface area contributed by atoms with Crippen molar-refractivity contribution in [1.82, 2.24) is 4.90 Å². The number of rotatable bonds is 6. The van der Waals surface area contributed by atoms with Crippen LogP contribution in [-0.2, 0) is 11.3 Å². The van der Waals surface area contributed by atoms with Crippen LogP contribution >= 0.6 is 23.4 Å². The van der Waals surface area contributed by atoms with Crippen LogP contribution in [0.15, 0.2) is 98.1 Å². The number of furan rings is 1. The van der Waals surface area contributed by atoms with Gasteiger partial charge in [-0.1, -0.05) is 60.1 Å². The highest BCUT2D eigenvalue weighted by Crippen LogP contribution is 2.34. The molecule has 0 radical (unpaired) electrons. The second kappa shape index (κ2) is 10.3. The van der Waals surface area contributed by atoms with Crippen molar-refractivity contribution in [3.8, 4) is 0 Å². The summed E-state index contributed by atoms with van der Waals surface area (Å²) in [5.41, 5.74) is 2.92. The predicted octanol–water partition coefficient (Wildman–Crippen LogP) is 6.49. The van der Waals surface area contributed by atoms with Crippen LogP contribution in [0.1, 0.15) is 23.8 Å². The van der Waals surface area contributed by atoms with Crippen molar-refractivity contribution in [3.63, 3.8) is 0 Å². The maximum atomic E-state index is 13.1. The molecule has 32 heavy (non-hydrogen) atoms. The quantitative estimate of drug-likeness (QED) is 0.239. The second-order valence-corrected chi connectivity index (χ2v) is 8.50. The van der Waals surface area contributed by atoms with Crippen LogP contribution in [-0.4, -0.2) is 22.2 Å². The highest BCUT2D eigenvalue weighted by molar-refractivity contribution is 8.18. The van der Waals surface area contributed by atoms with E-state index in [0.29, 0.717) is 20.9 Å². The van der Waals surface area contributed by atoms with Gasteiger partial charge in [0.05, 0.1) is 23.9 Å². The Labute approximate surface area is 195 Å². The van der Waals surface area contributed by atoms with Gasteiger partial charge in [-0.3, -0.25) is 9.69 Å². The molecule has 160 valence electrons. The summed E-state index contributed by atoms with van der Waals surface area (Å²) in [5, 5.41) is 9.70. The molecule has 1 saturated heterocycles. The van der Waals surface area contributed by atoms with Crippen LogP contribution < -0.4 is 0 Å². The minimum atomic E-state index is -0.146. The average molecular weight is 462 g/mol. The lowest BCUT2D eigenvalue weighted by Crippen LogP contribution is -2.28. The molecule has 1 aliphatic heterocycles. The van der Waals surface area contributed by atoms with Gasteiger partial charge in [-0.2, -0.15) is 5.10 Å². The molecule has 1 fully saturated rings. The average Bonchev–Trinajstić information content (AvgIpc) is 3.40. The van der Waals surface area contributed by atoms with Crippen LogP contribution in [0.25, 0.3) is 12.2 Å². The molecule has 1 aliphatic rings. The van der Waals surface area contributed by atoms with Gasteiger partial charge in [-0.15, -0.1) is 5.10 Å². The van der Waals surface area contributed by atoms with Crippen LogP contribution in [0.2, 0.25) is 5.02 Å². The number of halogens is 1. The first-order chi connectivity index (χ1) is 15.6. The zero-order valence-electron chi connectivity index (χ0n) is 17.3. The van der Waals surface area contributed by atoms with E-state index in [2.05, 4.69) is 10.2 Å². The summed E-state index contributed by atoms with van der Waals surface area (Å²) >= 11 is 7.25. The van der Waals surface area contributed by atoms with Crippen LogP contribution in [0.4, 0.5) is 0 Å². The summed E-state index contributed by atoms with van der Waals surface area (Å²) < 4.78 is 5.43. The van der Waals surface area contributed by atoms with E-state index in [1.54, 1.807) is 35.6 Å². The summed E-state index contributed by atoms with van der Waals surface area (Å²) in [4.78, 5) is 15.2. The first-order valence-electron chi connectivity index (χ1n) is 9.92.